The highest BCUT2D eigenvalue weighted by atomic mass is 15.3. The average molecular weight is 257 g/mol. The lowest BCUT2D eigenvalue weighted by atomic mass is 10.0. The SMILES string of the molecule is Cc1ccc(CN2CC(C)N(C)C(CC#N)C2)cc1. The molecule has 0 spiro atoms. The van der Waals surface area contributed by atoms with Gasteiger partial charge in [-0.1, -0.05) is 29.8 Å². The average Bonchev–Trinajstić information content (AvgIpc) is 2.38. The molecule has 3 heteroatoms. The summed E-state index contributed by atoms with van der Waals surface area (Å²) in [4.78, 5) is 4.81. The zero-order chi connectivity index (χ0) is 13.8. The summed E-state index contributed by atoms with van der Waals surface area (Å²) in [5.74, 6) is 0. The Kier molecular flexibility index (Phi) is 4.57. The number of hydrogen-bond acceptors (Lipinski definition) is 3. The summed E-state index contributed by atoms with van der Waals surface area (Å²) in [7, 11) is 2.13. The Hall–Kier alpha value is -1.37. The lowest BCUT2D eigenvalue weighted by Crippen LogP contribution is -2.55. The zero-order valence-electron chi connectivity index (χ0n) is 12.1. The maximum Gasteiger partial charge on any atom is 0.0638 e. The van der Waals surface area contributed by atoms with Crippen molar-refractivity contribution in [3.63, 3.8) is 0 Å². The van der Waals surface area contributed by atoms with Crippen molar-refractivity contribution in [1.82, 2.24) is 9.80 Å². The van der Waals surface area contributed by atoms with Crippen molar-refractivity contribution in [1.29, 1.82) is 5.26 Å². The van der Waals surface area contributed by atoms with Gasteiger partial charge in [-0.3, -0.25) is 9.80 Å². The molecule has 2 atom stereocenters. The monoisotopic (exact) mass is 257 g/mol. The molecule has 0 bridgehead atoms. The van der Waals surface area contributed by atoms with Gasteiger partial charge >= 0.3 is 0 Å². The van der Waals surface area contributed by atoms with E-state index < -0.39 is 0 Å². The Labute approximate surface area is 116 Å². The van der Waals surface area contributed by atoms with Gasteiger partial charge in [0.05, 0.1) is 12.5 Å². The summed E-state index contributed by atoms with van der Waals surface area (Å²) in [5, 5.41) is 8.93. The molecular weight excluding hydrogens is 234 g/mol. The normalized spacial score (nSPS) is 25.2. The number of aryl methyl sites for hydroxylation is 1. The van der Waals surface area contributed by atoms with E-state index in [0.29, 0.717) is 18.5 Å². The van der Waals surface area contributed by atoms with E-state index in [1.165, 1.54) is 11.1 Å². The molecule has 0 radical (unpaired) electrons. The van der Waals surface area contributed by atoms with Gasteiger partial charge < -0.3 is 0 Å². The summed E-state index contributed by atoms with van der Waals surface area (Å²) in [6, 6.07) is 11.9. The molecule has 19 heavy (non-hydrogen) atoms. The molecule has 1 saturated heterocycles. The van der Waals surface area contributed by atoms with Crippen molar-refractivity contribution in [2.24, 2.45) is 0 Å². The summed E-state index contributed by atoms with van der Waals surface area (Å²) < 4.78 is 0. The Morgan fingerprint density at radius 3 is 2.58 bits per heavy atom. The first-order valence-electron chi connectivity index (χ1n) is 6.97. The molecule has 1 fully saturated rings. The largest absolute Gasteiger partial charge is 0.297 e. The lowest BCUT2D eigenvalue weighted by Gasteiger charge is -2.43. The summed E-state index contributed by atoms with van der Waals surface area (Å²) in [6.45, 7) is 7.41. The molecule has 3 nitrogen and oxygen atoms in total. The first-order chi connectivity index (χ1) is 9.10. The van der Waals surface area contributed by atoms with E-state index in [1.54, 1.807) is 0 Å². The standard InChI is InChI=1S/C16H23N3/c1-13-4-6-15(7-5-13)11-19-10-14(2)18(3)16(12-19)8-9-17/h4-7,14,16H,8,10-12H2,1-3H3. The van der Waals surface area contributed by atoms with Gasteiger partial charge in [0.25, 0.3) is 0 Å². The maximum absolute atomic E-state index is 8.93. The smallest absolute Gasteiger partial charge is 0.0638 e. The van der Waals surface area contributed by atoms with Crippen molar-refractivity contribution >= 4 is 0 Å². The van der Waals surface area contributed by atoms with Crippen LogP contribution in [-0.2, 0) is 6.54 Å². The van der Waals surface area contributed by atoms with Crippen LogP contribution in [0.1, 0.15) is 24.5 Å². The second-order valence-corrected chi connectivity index (χ2v) is 5.71. The summed E-state index contributed by atoms with van der Waals surface area (Å²) in [6.07, 6.45) is 0.616. The number of piperazine rings is 1. The molecule has 2 rings (SSSR count). The van der Waals surface area contributed by atoms with Gasteiger partial charge in [-0.2, -0.15) is 5.26 Å². The predicted molar refractivity (Wildman–Crippen MR) is 77.7 cm³/mol. The Morgan fingerprint density at radius 1 is 1.26 bits per heavy atom. The molecule has 0 saturated carbocycles. The number of hydrogen-bond donors (Lipinski definition) is 0. The topological polar surface area (TPSA) is 30.3 Å². The van der Waals surface area contributed by atoms with E-state index in [-0.39, 0.29) is 0 Å². The first kappa shape index (κ1) is 14.0. The number of nitrogens with zero attached hydrogens (tertiary/aromatic N) is 3. The van der Waals surface area contributed by atoms with E-state index >= 15 is 0 Å². The predicted octanol–water partition coefficient (Wildman–Crippen LogP) is 2.41. The van der Waals surface area contributed by atoms with Gasteiger partial charge in [-0.25, -0.2) is 0 Å². The van der Waals surface area contributed by atoms with Gasteiger partial charge in [0.2, 0.25) is 0 Å². The van der Waals surface area contributed by atoms with Gasteiger partial charge in [0.1, 0.15) is 0 Å². The van der Waals surface area contributed by atoms with Crippen molar-refractivity contribution in [3.05, 3.63) is 35.4 Å². The van der Waals surface area contributed by atoms with Crippen molar-refractivity contribution in [3.8, 4) is 6.07 Å². The van der Waals surface area contributed by atoms with Crippen LogP contribution < -0.4 is 0 Å². The quantitative estimate of drug-likeness (QED) is 0.833. The molecule has 1 aromatic carbocycles. The molecule has 1 aliphatic rings. The van der Waals surface area contributed by atoms with Gasteiger partial charge in [-0.05, 0) is 26.5 Å². The van der Waals surface area contributed by atoms with Crippen LogP contribution in [0.5, 0.6) is 0 Å². The highest BCUT2D eigenvalue weighted by molar-refractivity contribution is 5.21. The molecule has 1 aliphatic heterocycles. The van der Waals surface area contributed by atoms with Crippen LogP contribution in [0, 0.1) is 18.3 Å². The highest BCUT2D eigenvalue weighted by Gasteiger charge is 2.28. The first-order valence-corrected chi connectivity index (χ1v) is 6.97. The minimum Gasteiger partial charge on any atom is -0.297 e. The van der Waals surface area contributed by atoms with E-state index in [1.807, 2.05) is 0 Å². The number of nitriles is 1. The fraction of sp³-hybridized carbons (Fsp3) is 0.562. The zero-order valence-corrected chi connectivity index (χ0v) is 12.1. The van der Waals surface area contributed by atoms with Crippen molar-refractivity contribution < 1.29 is 0 Å². The fourth-order valence-electron chi connectivity index (χ4n) is 2.76. The van der Waals surface area contributed by atoms with Crippen LogP contribution in [0.25, 0.3) is 0 Å². The molecule has 102 valence electrons. The molecule has 0 aromatic heterocycles. The van der Waals surface area contributed by atoms with Gasteiger partial charge in [0, 0.05) is 31.7 Å². The third-order valence-corrected chi connectivity index (χ3v) is 4.12. The summed E-state index contributed by atoms with van der Waals surface area (Å²) >= 11 is 0. The number of rotatable bonds is 3. The maximum atomic E-state index is 8.93. The molecule has 0 amide bonds. The van der Waals surface area contributed by atoms with Crippen molar-refractivity contribution in [2.45, 2.75) is 38.9 Å². The molecule has 0 N–H and O–H groups in total. The third-order valence-electron chi connectivity index (χ3n) is 4.12. The van der Waals surface area contributed by atoms with Crippen molar-refractivity contribution in [2.75, 3.05) is 20.1 Å². The van der Waals surface area contributed by atoms with Crippen LogP contribution in [0.2, 0.25) is 0 Å². The van der Waals surface area contributed by atoms with Crippen LogP contribution in [0.3, 0.4) is 0 Å². The third kappa shape index (κ3) is 3.56. The summed E-state index contributed by atoms with van der Waals surface area (Å²) in [5.41, 5.74) is 2.66. The van der Waals surface area contributed by atoms with Crippen LogP contribution >= 0.6 is 0 Å². The molecule has 0 aliphatic carbocycles. The molecule has 2 unspecified atom stereocenters. The minimum absolute atomic E-state index is 0.360. The number of likely N-dealkylation sites (N-methyl/N-ethyl adjacent to an activating group) is 1. The minimum atomic E-state index is 0.360. The van der Waals surface area contributed by atoms with E-state index in [2.05, 4.69) is 61.0 Å². The van der Waals surface area contributed by atoms with E-state index in [0.717, 1.165) is 19.6 Å². The second-order valence-electron chi connectivity index (χ2n) is 5.71. The molecular formula is C16H23N3. The van der Waals surface area contributed by atoms with Gasteiger partial charge in [0.15, 0.2) is 0 Å². The Morgan fingerprint density at radius 2 is 1.95 bits per heavy atom. The van der Waals surface area contributed by atoms with Crippen LogP contribution in [-0.4, -0.2) is 42.0 Å². The molecule has 1 aromatic rings. The second kappa shape index (κ2) is 6.18. The fourth-order valence-corrected chi connectivity index (χ4v) is 2.76. The molecule has 1 heterocycles. The van der Waals surface area contributed by atoms with Gasteiger partial charge in [-0.15, -0.1) is 0 Å². The van der Waals surface area contributed by atoms with E-state index in [4.69, 9.17) is 5.26 Å². The number of benzene rings is 1. The van der Waals surface area contributed by atoms with Crippen LogP contribution in [0.15, 0.2) is 24.3 Å². The van der Waals surface area contributed by atoms with E-state index in [9.17, 15) is 0 Å². The van der Waals surface area contributed by atoms with Crippen LogP contribution in [0.4, 0.5) is 0 Å². The Balaban J connectivity index is 2.01. The lowest BCUT2D eigenvalue weighted by molar-refractivity contribution is 0.0492. The highest BCUT2D eigenvalue weighted by Crippen LogP contribution is 2.18. The Bertz CT molecular complexity index is 446.